The number of rotatable bonds is 4. The highest BCUT2D eigenvalue weighted by Gasteiger charge is 2.31. The Hall–Kier alpha value is -3.12. The summed E-state index contributed by atoms with van der Waals surface area (Å²) in [6, 6.07) is 7.21. The number of ether oxygens (including phenoxy) is 1. The number of phenolic OH excluding ortho intramolecular Hbond substituents is 1. The summed E-state index contributed by atoms with van der Waals surface area (Å²) >= 11 is 3.19. The third-order valence-electron chi connectivity index (χ3n) is 3.84. The summed E-state index contributed by atoms with van der Waals surface area (Å²) in [5.74, 6) is -1.10. The molecular weight excluding hydrogens is 466 g/mol. The number of hydrogen-bond acceptors (Lipinski definition) is 7. The summed E-state index contributed by atoms with van der Waals surface area (Å²) in [6.45, 7) is 11.0. The fourth-order valence-corrected chi connectivity index (χ4v) is 2.75. The molecule has 0 radical (unpaired) electrons. The van der Waals surface area contributed by atoms with E-state index in [1.54, 1.807) is 0 Å². The lowest BCUT2D eigenvalue weighted by Gasteiger charge is -2.23. The summed E-state index contributed by atoms with van der Waals surface area (Å²) < 4.78 is 6.54. The number of phenols is 1. The molecule has 0 aliphatic heterocycles. The van der Waals surface area contributed by atoms with Crippen molar-refractivity contribution in [2.24, 2.45) is 10.6 Å². The van der Waals surface area contributed by atoms with Gasteiger partial charge in [-0.3, -0.25) is 4.79 Å². The molecule has 0 atom stereocenters. The molecule has 0 saturated heterocycles. The SMILES string of the molecule is CC(C)(C)O/N=C(\Oc1ccc[n+]([O-])c1C(=O)c1cc(Br)c(C#N)cc1O)C(C)(C)C. The molecule has 0 saturated carbocycles. The van der Waals surface area contributed by atoms with E-state index in [0.29, 0.717) is 9.20 Å². The zero-order valence-corrected chi connectivity index (χ0v) is 19.8. The summed E-state index contributed by atoms with van der Waals surface area (Å²) in [5, 5.41) is 36.0. The highest BCUT2D eigenvalue weighted by Crippen LogP contribution is 2.30. The van der Waals surface area contributed by atoms with Crippen molar-refractivity contribution in [2.45, 2.75) is 47.1 Å². The van der Waals surface area contributed by atoms with Crippen LogP contribution < -0.4 is 9.47 Å². The Bertz CT molecular complexity index is 1080. The first-order chi connectivity index (χ1) is 14.2. The zero-order chi connectivity index (χ0) is 23.6. The van der Waals surface area contributed by atoms with Crippen LogP contribution in [0.5, 0.6) is 11.5 Å². The maximum absolute atomic E-state index is 13.2. The number of carbonyl (C=O) groups is 1. The predicted octanol–water partition coefficient (Wildman–Crippen LogP) is 4.44. The van der Waals surface area contributed by atoms with E-state index in [-0.39, 0.29) is 28.5 Å². The molecule has 1 aromatic heterocycles. The van der Waals surface area contributed by atoms with Crippen LogP contribution in [-0.4, -0.2) is 22.4 Å². The van der Waals surface area contributed by atoms with Crippen LogP contribution in [-0.2, 0) is 4.84 Å². The number of carbonyl (C=O) groups excluding carboxylic acids is 1. The Morgan fingerprint density at radius 2 is 1.90 bits per heavy atom. The monoisotopic (exact) mass is 489 g/mol. The first kappa shape index (κ1) is 24.2. The molecular formula is C22H24BrN3O5. The Labute approximate surface area is 189 Å². The minimum Gasteiger partial charge on any atom is -0.618 e. The molecule has 0 bridgehead atoms. The van der Waals surface area contributed by atoms with Crippen LogP contribution in [0.3, 0.4) is 0 Å². The molecule has 0 aliphatic rings. The van der Waals surface area contributed by atoms with Gasteiger partial charge in [-0.2, -0.15) is 9.99 Å². The number of halogens is 1. The molecule has 0 aliphatic carbocycles. The van der Waals surface area contributed by atoms with Crippen LogP contribution in [0.25, 0.3) is 0 Å². The van der Waals surface area contributed by atoms with E-state index >= 15 is 0 Å². The number of pyridine rings is 1. The summed E-state index contributed by atoms with van der Waals surface area (Å²) in [7, 11) is 0. The number of nitriles is 1. The molecule has 0 amide bonds. The molecule has 31 heavy (non-hydrogen) atoms. The van der Waals surface area contributed by atoms with Crippen LogP contribution in [0.1, 0.15) is 63.2 Å². The predicted molar refractivity (Wildman–Crippen MR) is 118 cm³/mol. The maximum Gasteiger partial charge on any atom is 0.308 e. The Morgan fingerprint density at radius 1 is 1.26 bits per heavy atom. The van der Waals surface area contributed by atoms with Crippen LogP contribution in [0, 0.1) is 22.0 Å². The van der Waals surface area contributed by atoms with Gasteiger partial charge in [0.25, 0.3) is 5.78 Å². The third kappa shape index (κ3) is 5.95. The van der Waals surface area contributed by atoms with E-state index in [4.69, 9.17) is 14.8 Å². The number of aromatic hydroxyl groups is 1. The minimum absolute atomic E-state index is 0.0476. The standard InChI is InChI=1S/C22H24BrN3O5/c1-21(2,3)20(25-31-22(4,5)6)30-17-8-7-9-26(29)18(17)19(28)14-11-15(23)13(12-24)10-16(14)27/h7-11,27H,1-6H3/b25-20-. The van der Waals surface area contributed by atoms with Crippen molar-refractivity contribution < 1.29 is 24.2 Å². The van der Waals surface area contributed by atoms with E-state index in [9.17, 15) is 15.1 Å². The van der Waals surface area contributed by atoms with Crippen molar-refractivity contribution in [1.82, 2.24) is 0 Å². The quantitative estimate of drug-likeness (QED) is 0.169. The summed E-state index contributed by atoms with van der Waals surface area (Å²) in [5.41, 5.74) is -1.54. The highest BCUT2D eigenvalue weighted by atomic mass is 79.9. The number of benzene rings is 1. The van der Waals surface area contributed by atoms with Crippen molar-refractivity contribution in [2.75, 3.05) is 0 Å². The molecule has 1 heterocycles. The first-order valence-electron chi connectivity index (χ1n) is 9.38. The average molecular weight is 490 g/mol. The lowest BCUT2D eigenvalue weighted by molar-refractivity contribution is -0.607. The van der Waals surface area contributed by atoms with Gasteiger partial charge in [0, 0.05) is 16.0 Å². The van der Waals surface area contributed by atoms with Gasteiger partial charge in [0.15, 0.2) is 6.20 Å². The second kappa shape index (κ2) is 8.94. The van der Waals surface area contributed by atoms with E-state index in [2.05, 4.69) is 21.1 Å². The van der Waals surface area contributed by atoms with Crippen molar-refractivity contribution in [3.05, 3.63) is 57.0 Å². The average Bonchev–Trinajstić information content (AvgIpc) is 2.64. The Balaban J connectivity index is 2.57. The second-order valence-electron chi connectivity index (χ2n) is 8.79. The largest absolute Gasteiger partial charge is 0.618 e. The van der Waals surface area contributed by atoms with E-state index < -0.39 is 22.5 Å². The lowest BCUT2D eigenvalue weighted by atomic mass is 9.96. The third-order valence-corrected chi connectivity index (χ3v) is 4.50. The smallest absolute Gasteiger partial charge is 0.308 e. The minimum atomic E-state index is -0.779. The topological polar surface area (TPSA) is 119 Å². The lowest BCUT2D eigenvalue weighted by Crippen LogP contribution is -2.37. The molecule has 1 aromatic carbocycles. The second-order valence-corrected chi connectivity index (χ2v) is 9.64. The number of aromatic nitrogens is 1. The fourth-order valence-electron chi connectivity index (χ4n) is 2.31. The van der Waals surface area contributed by atoms with Gasteiger partial charge in [0.05, 0.1) is 11.1 Å². The molecule has 2 aromatic rings. The molecule has 9 heteroatoms. The summed E-state index contributed by atoms with van der Waals surface area (Å²) in [6.07, 6.45) is 1.15. The van der Waals surface area contributed by atoms with Crippen LogP contribution in [0.4, 0.5) is 0 Å². The van der Waals surface area contributed by atoms with Gasteiger partial charge >= 0.3 is 5.69 Å². The fraction of sp³-hybridized carbons (Fsp3) is 0.364. The van der Waals surface area contributed by atoms with Crippen molar-refractivity contribution in [1.29, 1.82) is 5.26 Å². The molecule has 0 fully saturated rings. The number of oxime groups is 1. The van der Waals surface area contributed by atoms with Gasteiger partial charge in [-0.25, -0.2) is 0 Å². The zero-order valence-electron chi connectivity index (χ0n) is 18.2. The van der Waals surface area contributed by atoms with Gasteiger partial charge in [0.1, 0.15) is 17.4 Å². The Morgan fingerprint density at radius 3 is 2.45 bits per heavy atom. The van der Waals surface area contributed by atoms with Crippen molar-refractivity contribution in [3.63, 3.8) is 0 Å². The van der Waals surface area contributed by atoms with Gasteiger partial charge in [-0.05, 0) is 54.9 Å². The van der Waals surface area contributed by atoms with Gasteiger partial charge in [0.2, 0.25) is 11.6 Å². The van der Waals surface area contributed by atoms with Crippen LogP contribution >= 0.6 is 15.9 Å². The van der Waals surface area contributed by atoms with Crippen LogP contribution in [0.2, 0.25) is 0 Å². The van der Waals surface area contributed by atoms with Gasteiger partial charge in [-0.1, -0.05) is 25.9 Å². The molecule has 8 nitrogen and oxygen atoms in total. The molecule has 1 N–H and O–H groups in total. The van der Waals surface area contributed by atoms with E-state index in [1.807, 2.05) is 47.6 Å². The van der Waals surface area contributed by atoms with E-state index in [1.165, 1.54) is 18.2 Å². The van der Waals surface area contributed by atoms with Crippen LogP contribution in [0.15, 0.2) is 40.1 Å². The number of ketones is 1. The van der Waals surface area contributed by atoms with Gasteiger partial charge < -0.3 is 19.9 Å². The first-order valence-corrected chi connectivity index (χ1v) is 10.2. The molecule has 0 spiro atoms. The van der Waals surface area contributed by atoms with Crippen molar-refractivity contribution >= 4 is 27.6 Å². The molecule has 164 valence electrons. The highest BCUT2D eigenvalue weighted by molar-refractivity contribution is 9.10. The normalized spacial score (nSPS) is 12.3. The molecule has 0 unspecified atom stereocenters. The number of nitrogens with zero attached hydrogens (tertiary/aromatic N) is 3. The van der Waals surface area contributed by atoms with E-state index in [0.717, 1.165) is 12.3 Å². The number of hydrogen-bond donors (Lipinski definition) is 1. The molecule has 2 rings (SSSR count). The van der Waals surface area contributed by atoms with Crippen molar-refractivity contribution in [3.8, 4) is 17.6 Å². The Kier molecular flexibility index (Phi) is 6.96. The summed E-state index contributed by atoms with van der Waals surface area (Å²) in [4.78, 5) is 18.7. The van der Waals surface area contributed by atoms with Gasteiger partial charge in [-0.15, -0.1) is 0 Å². The maximum atomic E-state index is 13.2.